The number of furan rings is 1. The Morgan fingerprint density at radius 1 is 1.09 bits per heavy atom. The summed E-state index contributed by atoms with van der Waals surface area (Å²) in [6, 6.07) is 13.2. The molecular formula is C21H15N3O5S3. The summed E-state index contributed by atoms with van der Waals surface area (Å²) in [7, 11) is -2.70. The molecule has 2 N–H and O–H groups in total. The van der Waals surface area contributed by atoms with Crippen molar-refractivity contribution in [1.29, 1.82) is 0 Å². The average molecular weight is 486 g/mol. The number of carbonyl (C=O) groups excluding carboxylic acids is 1. The number of fused-ring (bicyclic) bond motifs is 1. The van der Waals surface area contributed by atoms with Crippen LogP contribution in [0.4, 0.5) is 5.13 Å². The van der Waals surface area contributed by atoms with E-state index in [1.165, 1.54) is 17.8 Å². The van der Waals surface area contributed by atoms with Crippen molar-refractivity contribution in [1.82, 2.24) is 9.29 Å². The minimum atomic E-state index is -3.93. The topological polar surface area (TPSA) is 113 Å². The Labute approximate surface area is 191 Å². The molecule has 1 aliphatic heterocycles. The van der Waals surface area contributed by atoms with Gasteiger partial charge in [0.2, 0.25) is 0 Å². The van der Waals surface area contributed by atoms with E-state index in [0.29, 0.717) is 17.2 Å². The van der Waals surface area contributed by atoms with Gasteiger partial charge in [0, 0.05) is 34.3 Å². The highest BCUT2D eigenvalue weighted by molar-refractivity contribution is 7.89. The molecule has 1 aromatic carbocycles. The van der Waals surface area contributed by atoms with Crippen molar-refractivity contribution >= 4 is 49.5 Å². The fourth-order valence-electron chi connectivity index (χ4n) is 3.29. The Morgan fingerprint density at radius 3 is 2.62 bits per heavy atom. The largest absolute Gasteiger partial charge is 0.505 e. The number of aromatic nitrogens is 1. The van der Waals surface area contributed by atoms with E-state index >= 15 is 0 Å². The van der Waals surface area contributed by atoms with E-state index in [4.69, 9.17) is 4.42 Å². The van der Waals surface area contributed by atoms with E-state index in [1.807, 2.05) is 36.4 Å². The highest BCUT2D eigenvalue weighted by Gasteiger charge is 2.38. The van der Waals surface area contributed by atoms with Crippen molar-refractivity contribution in [3.05, 3.63) is 69.9 Å². The van der Waals surface area contributed by atoms with Gasteiger partial charge in [-0.25, -0.2) is 13.4 Å². The van der Waals surface area contributed by atoms with E-state index in [-0.39, 0.29) is 21.3 Å². The van der Waals surface area contributed by atoms with E-state index < -0.39 is 21.7 Å². The molecule has 0 bridgehead atoms. The van der Waals surface area contributed by atoms with Crippen LogP contribution >= 0.6 is 22.7 Å². The van der Waals surface area contributed by atoms with Gasteiger partial charge in [-0.05, 0) is 12.1 Å². The average Bonchev–Trinajstić information content (AvgIpc) is 3.53. The molecular weight excluding hydrogens is 470 g/mol. The van der Waals surface area contributed by atoms with Crippen molar-refractivity contribution < 1.29 is 22.7 Å². The molecule has 0 radical (unpaired) electrons. The van der Waals surface area contributed by atoms with Crippen LogP contribution in [-0.4, -0.2) is 35.8 Å². The van der Waals surface area contributed by atoms with Gasteiger partial charge in [0.25, 0.3) is 15.9 Å². The third-order valence-electron chi connectivity index (χ3n) is 4.92. The van der Waals surface area contributed by atoms with E-state index in [1.54, 1.807) is 11.4 Å². The van der Waals surface area contributed by atoms with Crippen molar-refractivity contribution in [2.75, 3.05) is 12.4 Å². The number of thiophene rings is 1. The van der Waals surface area contributed by atoms with Crippen LogP contribution in [0.25, 0.3) is 28.5 Å². The summed E-state index contributed by atoms with van der Waals surface area (Å²) in [6.45, 7) is 0. The lowest BCUT2D eigenvalue weighted by atomic mass is 10.2. The first kappa shape index (κ1) is 20.5. The lowest BCUT2D eigenvalue weighted by molar-refractivity contribution is -0.113. The summed E-state index contributed by atoms with van der Waals surface area (Å²) in [5, 5.41) is 18.0. The Morgan fingerprint density at radius 2 is 1.84 bits per heavy atom. The molecule has 0 saturated heterocycles. The van der Waals surface area contributed by atoms with Crippen LogP contribution in [0.3, 0.4) is 0 Å². The second-order valence-corrected chi connectivity index (χ2v) is 10.4. The normalized spacial score (nSPS) is 15.0. The fraction of sp³-hybridized carbons (Fsp3) is 0.0476. The van der Waals surface area contributed by atoms with Gasteiger partial charge in [0.05, 0.1) is 0 Å². The summed E-state index contributed by atoms with van der Waals surface area (Å²) in [4.78, 5) is 17.2. The number of hydrogen-bond donors (Lipinski definition) is 2. The van der Waals surface area contributed by atoms with Crippen LogP contribution in [0.2, 0.25) is 0 Å². The highest BCUT2D eigenvalue weighted by atomic mass is 32.2. The Kier molecular flexibility index (Phi) is 4.88. The van der Waals surface area contributed by atoms with Crippen molar-refractivity contribution in [2.45, 2.75) is 4.90 Å². The predicted molar refractivity (Wildman–Crippen MR) is 123 cm³/mol. The zero-order valence-electron chi connectivity index (χ0n) is 16.5. The Hall–Kier alpha value is -3.41. The number of nitrogens with one attached hydrogen (secondary N) is 1. The number of carbonyl (C=O) groups is 1. The van der Waals surface area contributed by atoms with Crippen molar-refractivity contribution in [2.24, 2.45) is 0 Å². The van der Waals surface area contributed by atoms with E-state index in [2.05, 4.69) is 10.3 Å². The molecule has 1 amide bonds. The molecule has 4 aromatic rings. The summed E-state index contributed by atoms with van der Waals surface area (Å²) in [5.74, 6) is 0.0416. The van der Waals surface area contributed by atoms with Crippen LogP contribution in [0, 0.1) is 0 Å². The number of rotatable bonds is 4. The monoisotopic (exact) mass is 485 g/mol. The first-order valence-electron chi connectivity index (χ1n) is 9.27. The molecule has 4 heterocycles. The SMILES string of the molecule is CN1C(C(=O)Nc2nc(-c3ccc(-c4ccccc4)o3)cs2)=C(O)c2cscc2S1(=O)=O. The molecule has 32 heavy (non-hydrogen) atoms. The quantitative estimate of drug-likeness (QED) is 0.436. The number of nitrogens with zero attached hydrogens (tertiary/aromatic N) is 2. The number of aliphatic hydroxyl groups is 1. The molecule has 162 valence electrons. The zero-order chi connectivity index (χ0) is 22.5. The smallest absolute Gasteiger partial charge is 0.278 e. The number of anilines is 1. The maximum Gasteiger partial charge on any atom is 0.278 e. The van der Waals surface area contributed by atoms with Gasteiger partial charge in [0.1, 0.15) is 16.3 Å². The first-order chi connectivity index (χ1) is 15.4. The lowest BCUT2D eigenvalue weighted by Crippen LogP contribution is -2.36. The van der Waals surface area contributed by atoms with E-state index in [9.17, 15) is 18.3 Å². The number of aliphatic hydroxyl groups excluding tert-OH is 1. The second-order valence-electron chi connectivity index (χ2n) is 6.84. The lowest BCUT2D eigenvalue weighted by Gasteiger charge is -2.26. The molecule has 0 unspecified atom stereocenters. The number of likely N-dealkylation sites (N-methyl/N-ethyl adjacent to an activating group) is 1. The summed E-state index contributed by atoms with van der Waals surface area (Å²) in [6.07, 6.45) is 0. The predicted octanol–water partition coefficient (Wildman–Crippen LogP) is 4.63. The molecule has 0 spiro atoms. The number of hydrogen-bond acceptors (Lipinski definition) is 8. The van der Waals surface area contributed by atoms with Crippen LogP contribution in [0.15, 0.2) is 73.6 Å². The van der Waals surface area contributed by atoms with Crippen molar-refractivity contribution in [3.8, 4) is 22.8 Å². The van der Waals surface area contributed by atoms with Crippen molar-refractivity contribution in [3.63, 3.8) is 0 Å². The number of thiazole rings is 1. The van der Waals surface area contributed by atoms with Crippen LogP contribution < -0.4 is 5.32 Å². The van der Waals surface area contributed by atoms with Gasteiger partial charge in [-0.2, -0.15) is 11.3 Å². The molecule has 0 atom stereocenters. The van der Waals surface area contributed by atoms with E-state index in [0.717, 1.165) is 32.5 Å². The van der Waals surface area contributed by atoms with Gasteiger partial charge in [0.15, 0.2) is 22.3 Å². The maximum atomic E-state index is 12.9. The minimum absolute atomic E-state index is 0.0253. The Bertz CT molecular complexity index is 1460. The third-order valence-corrected chi connectivity index (χ3v) is 8.36. The first-order valence-corrected chi connectivity index (χ1v) is 12.5. The fourth-order valence-corrected chi connectivity index (χ4v) is 6.54. The molecule has 5 rings (SSSR count). The number of sulfonamides is 1. The maximum absolute atomic E-state index is 12.9. The number of amides is 1. The molecule has 0 fully saturated rings. The van der Waals surface area contributed by atoms with Gasteiger partial charge >= 0.3 is 0 Å². The summed E-state index contributed by atoms with van der Waals surface area (Å²) in [5.41, 5.74) is 1.20. The highest BCUT2D eigenvalue weighted by Crippen LogP contribution is 2.37. The molecule has 1 aliphatic rings. The zero-order valence-corrected chi connectivity index (χ0v) is 18.9. The van der Waals surface area contributed by atoms with Crippen LogP contribution in [0.1, 0.15) is 5.56 Å². The molecule has 8 nitrogen and oxygen atoms in total. The van der Waals surface area contributed by atoms with Crippen LogP contribution in [0.5, 0.6) is 0 Å². The van der Waals surface area contributed by atoms with Gasteiger partial charge in [-0.1, -0.05) is 30.3 Å². The molecule has 11 heteroatoms. The minimum Gasteiger partial charge on any atom is -0.505 e. The molecule has 0 saturated carbocycles. The summed E-state index contributed by atoms with van der Waals surface area (Å²) >= 11 is 2.29. The van der Waals surface area contributed by atoms with Gasteiger partial charge in [-0.15, -0.1) is 11.3 Å². The van der Waals surface area contributed by atoms with Crippen LogP contribution in [-0.2, 0) is 14.8 Å². The Balaban J connectivity index is 1.40. The third kappa shape index (κ3) is 3.30. The second kappa shape index (κ2) is 7.62. The summed E-state index contributed by atoms with van der Waals surface area (Å²) < 4.78 is 32.0. The standard InChI is InChI=1S/C21H15N3O5S3/c1-24-18(19(25)13-9-30-11-17(13)32(24,27)28)20(26)23-21-22-14(10-31-21)16-8-7-15(29-16)12-5-3-2-4-6-12/h2-11,25H,1H3,(H,22,23,26). The molecule has 0 aliphatic carbocycles. The number of benzene rings is 1. The molecule has 3 aromatic heterocycles. The van der Waals surface area contributed by atoms with Gasteiger partial charge in [-0.3, -0.25) is 14.4 Å². The van der Waals surface area contributed by atoms with Gasteiger partial charge < -0.3 is 9.52 Å².